The number of nitrogens with zero attached hydrogens (tertiary/aromatic N) is 1. The Balaban J connectivity index is 2.25. The molecule has 0 aliphatic rings. The predicted octanol–water partition coefficient (Wildman–Crippen LogP) is 3.20. The van der Waals surface area contributed by atoms with E-state index in [1.54, 1.807) is 0 Å². The molecule has 0 heterocycles. The van der Waals surface area contributed by atoms with Crippen LogP contribution in [0.3, 0.4) is 0 Å². The Hall–Kier alpha value is -1.93. The molecule has 2 nitrogen and oxygen atoms in total. The fourth-order valence-electron chi connectivity index (χ4n) is 2.12. The van der Waals surface area contributed by atoms with Gasteiger partial charge in [-0.25, -0.2) is 0 Å². The molecule has 0 saturated carbocycles. The van der Waals surface area contributed by atoms with E-state index in [-0.39, 0.29) is 6.04 Å². The first-order valence-electron chi connectivity index (χ1n) is 6.08. The van der Waals surface area contributed by atoms with Crippen molar-refractivity contribution in [3.63, 3.8) is 0 Å². The van der Waals surface area contributed by atoms with Gasteiger partial charge < -0.3 is 5.32 Å². The van der Waals surface area contributed by atoms with Crippen LogP contribution in [-0.4, -0.2) is 13.8 Å². The minimum atomic E-state index is 0.233. The monoisotopic (exact) mass is 238 g/mol. The van der Waals surface area contributed by atoms with Gasteiger partial charge in [-0.15, -0.1) is 0 Å². The van der Waals surface area contributed by atoms with Gasteiger partial charge in [-0.2, -0.15) is 0 Å². The first-order chi connectivity index (χ1) is 8.85. The molecule has 0 radical (unpaired) electrons. The molecule has 18 heavy (non-hydrogen) atoms. The van der Waals surface area contributed by atoms with Crippen LogP contribution in [0.25, 0.3) is 0 Å². The van der Waals surface area contributed by atoms with Gasteiger partial charge in [0.1, 0.15) is 0 Å². The topological polar surface area (TPSA) is 24.4 Å². The molecule has 1 unspecified atom stereocenters. The number of benzene rings is 2. The highest BCUT2D eigenvalue weighted by Crippen LogP contribution is 2.21. The molecule has 0 saturated heterocycles. The van der Waals surface area contributed by atoms with Crippen LogP contribution in [0.1, 0.15) is 22.7 Å². The molecule has 1 atom stereocenters. The van der Waals surface area contributed by atoms with Crippen LogP contribution >= 0.6 is 0 Å². The van der Waals surface area contributed by atoms with Gasteiger partial charge in [-0.1, -0.05) is 54.6 Å². The molecule has 0 aliphatic carbocycles. The van der Waals surface area contributed by atoms with Gasteiger partial charge in [-0.3, -0.25) is 4.99 Å². The van der Waals surface area contributed by atoms with Crippen molar-refractivity contribution in [3.8, 4) is 0 Å². The number of hydrogen-bond donors (Lipinski definition) is 1. The molecule has 0 amide bonds. The van der Waals surface area contributed by atoms with E-state index in [9.17, 15) is 0 Å². The summed E-state index contributed by atoms with van der Waals surface area (Å²) in [7, 11) is 1.98. The molecular formula is C16H18N2. The minimum absolute atomic E-state index is 0.233. The summed E-state index contributed by atoms with van der Waals surface area (Å²) in [5, 5.41) is 3.35. The van der Waals surface area contributed by atoms with E-state index in [1.807, 2.05) is 13.1 Å². The summed E-state index contributed by atoms with van der Waals surface area (Å²) < 4.78 is 0. The summed E-state index contributed by atoms with van der Waals surface area (Å²) in [6, 6.07) is 19.2. The number of nitrogens with one attached hydrogen (secondary N) is 1. The fraction of sp³-hybridized carbons (Fsp3) is 0.188. The Bertz CT molecular complexity index is 488. The van der Waals surface area contributed by atoms with Crippen molar-refractivity contribution in [2.24, 2.45) is 4.99 Å². The lowest BCUT2D eigenvalue weighted by atomic mass is 9.98. The average molecular weight is 238 g/mol. The fourth-order valence-corrected chi connectivity index (χ4v) is 2.12. The number of rotatable bonds is 5. The zero-order valence-electron chi connectivity index (χ0n) is 10.6. The van der Waals surface area contributed by atoms with Gasteiger partial charge in [0, 0.05) is 0 Å². The third-order valence-electron chi connectivity index (χ3n) is 3.03. The highest BCUT2D eigenvalue weighted by Gasteiger charge is 2.10. The SMILES string of the molecule is C=NCc1ccc(C(NC)c2ccccc2)cc1. The normalized spacial score (nSPS) is 12.1. The van der Waals surface area contributed by atoms with E-state index in [0.29, 0.717) is 6.54 Å². The van der Waals surface area contributed by atoms with Crippen LogP contribution in [0.2, 0.25) is 0 Å². The van der Waals surface area contributed by atoms with E-state index in [0.717, 1.165) is 0 Å². The molecule has 1 N–H and O–H groups in total. The second-order valence-corrected chi connectivity index (χ2v) is 4.26. The smallest absolute Gasteiger partial charge is 0.0632 e. The third-order valence-corrected chi connectivity index (χ3v) is 3.03. The van der Waals surface area contributed by atoms with E-state index in [1.165, 1.54) is 16.7 Å². The quantitative estimate of drug-likeness (QED) is 0.795. The van der Waals surface area contributed by atoms with Gasteiger partial charge in [-0.05, 0) is 30.5 Å². The van der Waals surface area contributed by atoms with Gasteiger partial charge >= 0.3 is 0 Å². The van der Waals surface area contributed by atoms with Crippen LogP contribution in [0.5, 0.6) is 0 Å². The van der Waals surface area contributed by atoms with Gasteiger partial charge in [0.15, 0.2) is 0 Å². The molecule has 2 aromatic carbocycles. The van der Waals surface area contributed by atoms with Gasteiger partial charge in [0.05, 0.1) is 12.6 Å². The maximum Gasteiger partial charge on any atom is 0.0632 e. The van der Waals surface area contributed by atoms with Crippen LogP contribution in [-0.2, 0) is 6.54 Å². The lowest BCUT2D eigenvalue weighted by Crippen LogP contribution is -2.17. The minimum Gasteiger partial charge on any atom is -0.309 e. The highest BCUT2D eigenvalue weighted by molar-refractivity contribution is 5.34. The lowest BCUT2D eigenvalue weighted by molar-refractivity contribution is 0.691. The van der Waals surface area contributed by atoms with E-state index < -0.39 is 0 Å². The largest absolute Gasteiger partial charge is 0.309 e. The number of aliphatic imine (C=N–C) groups is 1. The number of hydrogen-bond acceptors (Lipinski definition) is 2. The van der Waals surface area contributed by atoms with Crippen LogP contribution in [0.15, 0.2) is 59.6 Å². The maximum atomic E-state index is 3.89. The standard InChI is InChI=1S/C16H18N2/c1-17-12-13-8-10-15(11-9-13)16(18-2)14-6-4-3-5-7-14/h3-11,16,18H,1,12H2,2H3. The van der Waals surface area contributed by atoms with E-state index in [2.05, 4.69) is 65.6 Å². The second kappa shape index (κ2) is 6.12. The molecule has 2 rings (SSSR count). The van der Waals surface area contributed by atoms with Crippen molar-refractivity contribution in [1.29, 1.82) is 0 Å². The zero-order chi connectivity index (χ0) is 12.8. The predicted molar refractivity (Wildman–Crippen MR) is 77.0 cm³/mol. The first-order valence-corrected chi connectivity index (χ1v) is 6.08. The summed E-state index contributed by atoms with van der Waals surface area (Å²) in [6.45, 7) is 4.19. The van der Waals surface area contributed by atoms with Crippen molar-refractivity contribution in [3.05, 3.63) is 71.3 Å². The molecule has 2 heteroatoms. The van der Waals surface area contributed by atoms with E-state index >= 15 is 0 Å². The lowest BCUT2D eigenvalue weighted by Gasteiger charge is -2.17. The molecule has 2 aromatic rings. The van der Waals surface area contributed by atoms with Gasteiger partial charge in [0.25, 0.3) is 0 Å². The summed E-state index contributed by atoms with van der Waals surface area (Å²) in [5.74, 6) is 0. The molecular weight excluding hydrogens is 220 g/mol. The Morgan fingerprint density at radius 2 is 1.61 bits per heavy atom. The Morgan fingerprint density at radius 3 is 2.17 bits per heavy atom. The average Bonchev–Trinajstić information content (AvgIpc) is 2.43. The molecule has 0 fully saturated rings. The van der Waals surface area contributed by atoms with Crippen molar-refractivity contribution in [2.45, 2.75) is 12.6 Å². The highest BCUT2D eigenvalue weighted by atomic mass is 14.9. The summed E-state index contributed by atoms with van der Waals surface area (Å²) in [4.78, 5) is 3.89. The molecule has 0 aromatic heterocycles. The maximum absolute atomic E-state index is 3.89. The first kappa shape index (κ1) is 12.5. The Labute approximate surface area is 108 Å². The third kappa shape index (κ3) is 2.84. The van der Waals surface area contributed by atoms with Crippen LogP contribution in [0.4, 0.5) is 0 Å². The zero-order valence-corrected chi connectivity index (χ0v) is 10.6. The van der Waals surface area contributed by atoms with Crippen molar-refractivity contribution in [2.75, 3.05) is 7.05 Å². The van der Waals surface area contributed by atoms with Crippen LogP contribution < -0.4 is 5.32 Å². The Kier molecular flexibility index (Phi) is 4.26. The molecule has 0 spiro atoms. The molecule has 0 aliphatic heterocycles. The Morgan fingerprint density at radius 1 is 1.00 bits per heavy atom. The summed E-state index contributed by atoms with van der Waals surface area (Å²) in [6.07, 6.45) is 0. The molecule has 0 bridgehead atoms. The van der Waals surface area contributed by atoms with E-state index in [4.69, 9.17) is 0 Å². The van der Waals surface area contributed by atoms with Crippen LogP contribution in [0, 0.1) is 0 Å². The van der Waals surface area contributed by atoms with Gasteiger partial charge in [0.2, 0.25) is 0 Å². The van der Waals surface area contributed by atoms with Crippen molar-refractivity contribution >= 4 is 6.72 Å². The van der Waals surface area contributed by atoms with Crippen molar-refractivity contribution in [1.82, 2.24) is 5.32 Å². The summed E-state index contributed by atoms with van der Waals surface area (Å²) >= 11 is 0. The molecule has 92 valence electrons. The second-order valence-electron chi connectivity index (χ2n) is 4.26. The van der Waals surface area contributed by atoms with Crippen molar-refractivity contribution < 1.29 is 0 Å². The summed E-state index contributed by atoms with van der Waals surface area (Å²) in [5.41, 5.74) is 3.72.